The molecule has 0 spiro atoms. The van der Waals surface area contributed by atoms with Gasteiger partial charge in [-0.1, -0.05) is 117 Å². The van der Waals surface area contributed by atoms with Crippen molar-refractivity contribution in [3.8, 4) is 11.1 Å². The Labute approximate surface area is 347 Å². The smallest absolute Gasteiger partial charge is 0.850 e. The molecule has 0 amide bonds. The predicted molar refractivity (Wildman–Crippen MR) is 208 cm³/mol. The van der Waals surface area contributed by atoms with Crippen LogP contribution >= 0.6 is 34.7 Å². The van der Waals surface area contributed by atoms with E-state index >= 15 is 0 Å². The minimum atomic E-state index is -0.750. The van der Waals surface area contributed by atoms with Gasteiger partial charge in [-0.15, -0.1) is 28.7 Å². The molecule has 1 aromatic heterocycles. The Balaban J connectivity index is 0.000000174. The van der Waals surface area contributed by atoms with Crippen molar-refractivity contribution in [3.05, 3.63) is 112 Å². The monoisotopic (exact) mass is 734 g/mol. The number of thiophene rings is 1. The molecule has 0 bridgehead atoms. The number of ketones is 1. The van der Waals surface area contributed by atoms with Crippen LogP contribution in [-0.2, 0) is 22.4 Å². The summed E-state index contributed by atoms with van der Waals surface area (Å²) in [7, 11) is 0. The third kappa shape index (κ3) is 11.5. The van der Waals surface area contributed by atoms with E-state index in [9.17, 15) is 9.90 Å². The topological polar surface area (TPSA) is 49.4 Å². The van der Waals surface area contributed by atoms with Crippen LogP contribution in [0.4, 0.5) is 0 Å². The predicted octanol–water partition coefficient (Wildman–Crippen LogP) is 8.22. The van der Waals surface area contributed by atoms with E-state index in [1.54, 1.807) is 39.5 Å². The van der Waals surface area contributed by atoms with Crippen molar-refractivity contribution in [2.24, 2.45) is 0 Å². The number of carbonyl (C=O) groups is 1. The Bertz CT molecular complexity index is 1920. The number of fused-ring (bicyclic) bond motifs is 6. The van der Waals surface area contributed by atoms with Gasteiger partial charge >= 0.3 is 51.4 Å². The quantitative estimate of drug-likeness (QED) is 0.135. The van der Waals surface area contributed by atoms with E-state index in [0.717, 1.165) is 48.0 Å². The minimum Gasteiger partial charge on any atom is -0.850 e. The first kappa shape index (κ1) is 40.2. The van der Waals surface area contributed by atoms with Gasteiger partial charge in [0, 0.05) is 56.0 Å². The van der Waals surface area contributed by atoms with E-state index in [-0.39, 0.29) is 57.2 Å². The fraction of sp³-hybridized carbons (Fsp3) is 0.310. The molecular formula is C42H44ClKO3S2. The van der Waals surface area contributed by atoms with E-state index in [2.05, 4.69) is 85.0 Å². The van der Waals surface area contributed by atoms with Gasteiger partial charge in [-0.2, -0.15) is 0 Å². The van der Waals surface area contributed by atoms with Gasteiger partial charge in [-0.3, -0.25) is 4.79 Å². The van der Waals surface area contributed by atoms with Gasteiger partial charge in [0.2, 0.25) is 0 Å². The van der Waals surface area contributed by atoms with Gasteiger partial charge < -0.3 is 9.84 Å². The fourth-order valence-corrected chi connectivity index (χ4v) is 8.41. The summed E-state index contributed by atoms with van der Waals surface area (Å²) in [6.45, 7) is 8.53. The average molecular weight is 735 g/mol. The number of thioether (sulfide) groups is 1. The van der Waals surface area contributed by atoms with Crippen LogP contribution in [0.2, 0.25) is 5.02 Å². The van der Waals surface area contributed by atoms with Crippen molar-refractivity contribution in [2.75, 3.05) is 19.0 Å². The van der Waals surface area contributed by atoms with Crippen LogP contribution in [0.5, 0.6) is 0 Å². The van der Waals surface area contributed by atoms with Crippen molar-refractivity contribution < 1.29 is 66.0 Å². The van der Waals surface area contributed by atoms with Crippen LogP contribution in [0.15, 0.2) is 89.8 Å². The molecule has 5 aromatic rings. The van der Waals surface area contributed by atoms with Crippen LogP contribution in [0, 0.1) is 0 Å². The summed E-state index contributed by atoms with van der Waals surface area (Å²) in [5.41, 5.74) is 6.82. The molecule has 0 saturated carbocycles. The zero-order chi connectivity index (χ0) is 34.1. The molecule has 0 N–H and O–H groups in total. The van der Waals surface area contributed by atoms with Gasteiger partial charge in [-0.05, 0) is 72.6 Å². The first-order valence-electron chi connectivity index (χ1n) is 16.7. The molecule has 8 rings (SSSR count). The van der Waals surface area contributed by atoms with Gasteiger partial charge in [0.1, 0.15) is 5.78 Å². The normalized spacial score (nSPS) is 13.8. The molecule has 2 aliphatic carbocycles. The Morgan fingerprint density at radius 3 is 2.12 bits per heavy atom. The molecule has 0 radical (unpaired) electrons. The van der Waals surface area contributed by atoms with Crippen LogP contribution in [0.1, 0.15) is 69.2 Å². The van der Waals surface area contributed by atoms with E-state index in [4.69, 9.17) is 16.3 Å². The molecule has 1 saturated heterocycles. The number of ether oxygens (including phenoxy) is 1. The van der Waals surface area contributed by atoms with Crippen molar-refractivity contribution in [1.82, 2.24) is 0 Å². The van der Waals surface area contributed by atoms with Gasteiger partial charge in [0.15, 0.2) is 0 Å². The Morgan fingerprint density at radius 1 is 0.837 bits per heavy atom. The second-order valence-electron chi connectivity index (χ2n) is 13.0. The van der Waals surface area contributed by atoms with Crippen LogP contribution in [-0.4, -0.2) is 30.4 Å². The van der Waals surface area contributed by atoms with Crippen molar-refractivity contribution in [3.63, 3.8) is 0 Å². The third-order valence-corrected chi connectivity index (χ3v) is 10.7. The minimum absolute atomic E-state index is 0. The van der Waals surface area contributed by atoms with Crippen molar-refractivity contribution in [2.45, 2.75) is 70.3 Å². The molecular weight excluding hydrogens is 691 g/mol. The number of benzene rings is 4. The van der Waals surface area contributed by atoms with Crippen molar-refractivity contribution >= 4 is 72.8 Å². The summed E-state index contributed by atoms with van der Waals surface area (Å²) in [5.74, 6) is 1.03. The maximum atomic E-state index is 11.1. The zero-order valence-corrected chi connectivity index (χ0v) is 34.8. The van der Waals surface area contributed by atoms with Gasteiger partial charge in [0.25, 0.3) is 0 Å². The molecule has 4 aromatic carbocycles. The number of rotatable bonds is 5. The fourth-order valence-electron chi connectivity index (χ4n) is 5.67. The Hall–Kier alpha value is -1.55. The standard InChI is InChI=1S/C19H17ClOS.C15H10S.C4H8O.C4H9O.K/c1-13(21)11-12-22-18-8-3-2-6-16(18)17-10-9-14-5-4-7-15(14)19(17)20;1-2-7-14-12(5-1)13-9-8-10-4-3-6-11(10)15(13)16-14;1-2-4-5-3-1;1-4(2,3)5;/h2-6,8-10H,7,11-12H2,1H3;1-5,7-9H,6H2;1-4H2;1-3H3;/q;;;-1;+1. The molecule has 3 nitrogen and oxygen atoms in total. The van der Waals surface area contributed by atoms with Crippen molar-refractivity contribution in [1.29, 1.82) is 0 Å². The van der Waals surface area contributed by atoms with E-state index in [1.165, 1.54) is 60.2 Å². The third-order valence-electron chi connectivity index (χ3n) is 7.92. The summed E-state index contributed by atoms with van der Waals surface area (Å²) in [6.07, 6.45) is 13.9. The zero-order valence-electron chi connectivity index (χ0n) is 29.3. The molecule has 250 valence electrons. The summed E-state index contributed by atoms with van der Waals surface area (Å²) in [5, 5.41) is 13.8. The molecule has 3 aliphatic rings. The van der Waals surface area contributed by atoms with E-state index in [1.807, 2.05) is 23.5 Å². The maximum Gasteiger partial charge on any atom is 1.00 e. The number of Topliss-reactive ketones (excluding diaryl/α,β-unsaturated/α-hetero) is 1. The van der Waals surface area contributed by atoms with Gasteiger partial charge in [0.05, 0.1) is 5.02 Å². The molecule has 7 heteroatoms. The SMILES string of the molecule is C1=Cc2ccc3c(sc4ccccc43)c2C1.C1CCOC1.CC(=O)CCSc1ccccc1-c1ccc2c(c1Cl)CC=C2.CC(C)(C)[O-].[K+]. The maximum absolute atomic E-state index is 11.1. The summed E-state index contributed by atoms with van der Waals surface area (Å²) >= 11 is 10.3. The van der Waals surface area contributed by atoms with E-state index in [0.29, 0.717) is 6.42 Å². The first-order chi connectivity index (χ1) is 23.1. The summed E-state index contributed by atoms with van der Waals surface area (Å²) in [6, 6.07) is 25.7. The summed E-state index contributed by atoms with van der Waals surface area (Å²) in [4.78, 5) is 12.3. The number of halogens is 1. The largest absolute Gasteiger partial charge is 1.00 e. The molecule has 0 atom stereocenters. The number of hydrogen-bond donors (Lipinski definition) is 0. The second kappa shape index (κ2) is 19.3. The second-order valence-corrected chi connectivity index (χ2v) is 15.6. The van der Waals surface area contributed by atoms with Crippen LogP contribution in [0.25, 0.3) is 43.5 Å². The Morgan fingerprint density at radius 2 is 1.45 bits per heavy atom. The first-order valence-corrected chi connectivity index (χ1v) is 18.9. The van der Waals surface area contributed by atoms with E-state index < -0.39 is 5.60 Å². The average Bonchev–Trinajstić information content (AvgIpc) is 3.88. The number of carbonyl (C=O) groups excluding carboxylic acids is 1. The molecule has 2 heterocycles. The molecule has 0 unspecified atom stereocenters. The molecule has 1 aliphatic heterocycles. The molecule has 49 heavy (non-hydrogen) atoms. The Kier molecular flexibility index (Phi) is 15.9. The van der Waals surface area contributed by atoms with Crippen LogP contribution in [0.3, 0.4) is 0 Å². The molecule has 1 fully saturated rings. The summed E-state index contributed by atoms with van der Waals surface area (Å²) < 4.78 is 7.82. The van der Waals surface area contributed by atoms with Crippen LogP contribution < -0.4 is 56.5 Å². The number of hydrogen-bond acceptors (Lipinski definition) is 5. The number of allylic oxidation sites excluding steroid dienone is 2. The van der Waals surface area contributed by atoms with Gasteiger partial charge in [-0.25, -0.2) is 0 Å².